The van der Waals surface area contributed by atoms with Crippen molar-refractivity contribution in [1.82, 2.24) is 10.2 Å². The summed E-state index contributed by atoms with van der Waals surface area (Å²) in [5, 5.41) is 15.9. The largest absolute Gasteiger partial charge is 0.401 e. The molecule has 1 fully saturated rings. The normalized spacial score (nSPS) is 18.4. The van der Waals surface area contributed by atoms with E-state index in [0.717, 1.165) is 0 Å². The van der Waals surface area contributed by atoms with Gasteiger partial charge >= 0.3 is 12.2 Å². The van der Waals surface area contributed by atoms with Crippen molar-refractivity contribution in [3.63, 3.8) is 0 Å². The molecule has 1 aromatic carbocycles. The summed E-state index contributed by atoms with van der Waals surface area (Å²) in [7, 11) is 0. The third-order valence-corrected chi connectivity index (χ3v) is 3.66. The van der Waals surface area contributed by atoms with E-state index in [1.807, 2.05) is 0 Å². The Kier molecular flexibility index (Phi) is 5.27. The van der Waals surface area contributed by atoms with Crippen molar-refractivity contribution in [2.45, 2.75) is 25.6 Å². The summed E-state index contributed by atoms with van der Waals surface area (Å²) in [5.74, 6) is 0. The van der Waals surface area contributed by atoms with Crippen LogP contribution >= 0.6 is 0 Å². The minimum Gasteiger partial charge on any atom is -0.334 e. The van der Waals surface area contributed by atoms with Gasteiger partial charge in [-0.05, 0) is 25.5 Å². The van der Waals surface area contributed by atoms with Crippen LogP contribution in [0.25, 0.3) is 0 Å². The lowest BCUT2D eigenvalue weighted by Gasteiger charge is -2.18. The summed E-state index contributed by atoms with van der Waals surface area (Å²) in [6.07, 6.45) is -3.82. The average Bonchev–Trinajstić information content (AvgIpc) is 2.82. The van der Waals surface area contributed by atoms with Gasteiger partial charge in [-0.1, -0.05) is 0 Å². The SMILES string of the molecule is Cc1cc(NC(=O)N[C@@H]2CCN(CC(F)(F)F)C2)ccc1[N+](=O)[O-]. The molecule has 0 unspecified atom stereocenters. The molecule has 0 spiro atoms. The number of amides is 2. The molecule has 1 atom stereocenters. The smallest absolute Gasteiger partial charge is 0.334 e. The highest BCUT2D eigenvalue weighted by Gasteiger charge is 2.34. The second kappa shape index (κ2) is 7.04. The van der Waals surface area contributed by atoms with E-state index in [9.17, 15) is 28.1 Å². The van der Waals surface area contributed by atoms with Gasteiger partial charge in [-0.15, -0.1) is 0 Å². The lowest BCUT2D eigenvalue weighted by Crippen LogP contribution is -2.41. The number of nitro benzene ring substituents is 1. The number of rotatable bonds is 4. The number of aryl methyl sites for hydroxylation is 1. The van der Waals surface area contributed by atoms with Gasteiger partial charge in [0.05, 0.1) is 11.5 Å². The Hall–Kier alpha value is -2.36. The summed E-state index contributed by atoms with van der Waals surface area (Å²) in [6, 6.07) is 3.22. The van der Waals surface area contributed by atoms with Crippen molar-refractivity contribution in [3.05, 3.63) is 33.9 Å². The molecule has 132 valence electrons. The molecule has 1 aliphatic heterocycles. The molecular weight excluding hydrogens is 329 g/mol. The first kappa shape index (κ1) is 18.0. The number of benzene rings is 1. The van der Waals surface area contributed by atoms with Crippen LogP contribution in [0.1, 0.15) is 12.0 Å². The van der Waals surface area contributed by atoms with Gasteiger partial charge in [0.15, 0.2) is 0 Å². The Bertz CT molecular complexity index is 636. The maximum atomic E-state index is 12.3. The highest BCUT2D eigenvalue weighted by atomic mass is 19.4. The number of nitrogens with zero attached hydrogens (tertiary/aromatic N) is 2. The first-order chi connectivity index (χ1) is 11.1. The predicted molar refractivity (Wildman–Crippen MR) is 80.9 cm³/mol. The number of halogens is 3. The van der Waals surface area contributed by atoms with E-state index in [4.69, 9.17) is 0 Å². The molecule has 0 aromatic heterocycles. The number of nitro groups is 1. The van der Waals surface area contributed by atoms with E-state index < -0.39 is 23.7 Å². The third-order valence-electron chi connectivity index (χ3n) is 3.66. The van der Waals surface area contributed by atoms with Gasteiger partial charge in [-0.2, -0.15) is 13.2 Å². The second-order valence-corrected chi connectivity index (χ2v) is 5.69. The Labute approximate surface area is 136 Å². The highest BCUT2D eigenvalue weighted by molar-refractivity contribution is 5.89. The zero-order valence-corrected chi connectivity index (χ0v) is 12.9. The maximum Gasteiger partial charge on any atom is 0.401 e. The molecule has 0 radical (unpaired) electrons. The molecular formula is C14H17F3N4O3. The number of hydrogen-bond donors (Lipinski definition) is 2. The Morgan fingerprint density at radius 1 is 1.46 bits per heavy atom. The van der Waals surface area contributed by atoms with Gasteiger partial charge in [-0.25, -0.2) is 4.79 Å². The topological polar surface area (TPSA) is 87.5 Å². The van der Waals surface area contributed by atoms with Crippen molar-refractivity contribution in [1.29, 1.82) is 0 Å². The molecule has 10 heteroatoms. The van der Waals surface area contributed by atoms with Crippen LogP contribution in [-0.4, -0.2) is 47.7 Å². The Morgan fingerprint density at radius 3 is 2.75 bits per heavy atom. The standard InChI is InChI=1S/C14H17F3N4O3/c1-9-6-10(2-3-12(9)21(23)24)18-13(22)19-11-4-5-20(7-11)8-14(15,16)17/h2-3,6,11H,4-5,7-8H2,1H3,(H2,18,19,22)/t11-/m1/s1. The van der Waals surface area contributed by atoms with Gasteiger partial charge in [0.25, 0.3) is 5.69 Å². The van der Waals surface area contributed by atoms with E-state index in [2.05, 4.69) is 10.6 Å². The van der Waals surface area contributed by atoms with Crippen LogP contribution in [0.3, 0.4) is 0 Å². The molecule has 0 bridgehead atoms. The first-order valence-electron chi connectivity index (χ1n) is 7.26. The third kappa shape index (κ3) is 5.08. The number of carbonyl (C=O) groups is 1. The number of carbonyl (C=O) groups excluding carboxylic acids is 1. The van der Waals surface area contributed by atoms with Crippen LogP contribution in [0, 0.1) is 17.0 Å². The van der Waals surface area contributed by atoms with Gasteiger partial charge in [0.2, 0.25) is 0 Å². The summed E-state index contributed by atoms with van der Waals surface area (Å²) < 4.78 is 37.0. The second-order valence-electron chi connectivity index (χ2n) is 5.69. The number of alkyl halides is 3. The fourth-order valence-corrected chi connectivity index (χ4v) is 2.64. The summed E-state index contributed by atoms with van der Waals surface area (Å²) >= 11 is 0. The number of nitrogens with one attached hydrogen (secondary N) is 2. The van der Waals surface area contributed by atoms with E-state index in [1.165, 1.54) is 23.1 Å². The summed E-state index contributed by atoms with van der Waals surface area (Å²) in [4.78, 5) is 23.3. The minimum absolute atomic E-state index is 0.0560. The molecule has 7 nitrogen and oxygen atoms in total. The minimum atomic E-state index is -4.26. The molecule has 1 aliphatic rings. The van der Waals surface area contributed by atoms with E-state index in [1.54, 1.807) is 6.92 Å². The lowest BCUT2D eigenvalue weighted by atomic mass is 10.2. The number of anilines is 1. The van der Waals surface area contributed by atoms with Crippen molar-refractivity contribution in [3.8, 4) is 0 Å². The van der Waals surface area contributed by atoms with Crippen LogP contribution in [0.15, 0.2) is 18.2 Å². The summed E-state index contributed by atoms with van der Waals surface area (Å²) in [6.45, 7) is 0.953. The Balaban J connectivity index is 1.86. The van der Waals surface area contributed by atoms with Gasteiger partial charge in [0.1, 0.15) is 0 Å². The molecule has 2 N–H and O–H groups in total. The molecule has 1 heterocycles. The van der Waals surface area contributed by atoms with Crippen molar-refractivity contribution in [2.75, 3.05) is 25.0 Å². The molecule has 1 aromatic rings. The number of hydrogen-bond acceptors (Lipinski definition) is 4. The average molecular weight is 346 g/mol. The molecule has 0 aliphatic carbocycles. The van der Waals surface area contributed by atoms with Crippen LogP contribution in [-0.2, 0) is 0 Å². The van der Waals surface area contributed by atoms with Crippen LogP contribution in [0.2, 0.25) is 0 Å². The molecule has 1 saturated heterocycles. The highest BCUT2D eigenvalue weighted by Crippen LogP contribution is 2.22. The molecule has 2 rings (SSSR count). The van der Waals surface area contributed by atoms with Gasteiger partial charge in [-0.3, -0.25) is 15.0 Å². The van der Waals surface area contributed by atoms with Crippen LogP contribution < -0.4 is 10.6 Å². The zero-order valence-electron chi connectivity index (χ0n) is 12.9. The Morgan fingerprint density at radius 2 is 2.17 bits per heavy atom. The van der Waals surface area contributed by atoms with Crippen molar-refractivity contribution in [2.24, 2.45) is 0 Å². The van der Waals surface area contributed by atoms with E-state index in [0.29, 0.717) is 17.7 Å². The van der Waals surface area contributed by atoms with Crippen LogP contribution in [0.5, 0.6) is 0 Å². The predicted octanol–water partition coefficient (Wildman–Crippen LogP) is 2.66. The summed E-state index contributed by atoms with van der Waals surface area (Å²) in [5.41, 5.74) is 0.718. The van der Waals surface area contributed by atoms with E-state index >= 15 is 0 Å². The fourth-order valence-electron chi connectivity index (χ4n) is 2.64. The first-order valence-corrected chi connectivity index (χ1v) is 7.26. The number of urea groups is 1. The monoisotopic (exact) mass is 346 g/mol. The fraction of sp³-hybridized carbons (Fsp3) is 0.500. The molecule has 24 heavy (non-hydrogen) atoms. The molecule has 0 saturated carbocycles. The van der Waals surface area contributed by atoms with Gasteiger partial charge < -0.3 is 10.6 Å². The quantitative estimate of drug-likeness (QED) is 0.648. The number of likely N-dealkylation sites (tertiary alicyclic amines) is 1. The van der Waals surface area contributed by atoms with Crippen LogP contribution in [0.4, 0.5) is 29.3 Å². The van der Waals surface area contributed by atoms with Crippen molar-refractivity contribution < 1.29 is 22.9 Å². The van der Waals surface area contributed by atoms with Crippen molar-refractivity contribution >= 4 is 17.4 Å². The zero-order chi connectivity index (χ0) is 17.9. The van der Waals surface area contributed by atoms with Gasteiger partial charge in [0, 0.05) is 36.4 Å². The van der Waals surface area contributed by atoms with E-state index in [-0.39, 0.29) is 24.8 Å². The lowest BCUT2D eigenvalue weighted by molar-refractivity contribution is -0.385. The maximum absolute atomic E-state index is 12.3. The molecule has 2 amide bonds.